The van der Waals surface area contributed by atoms with Gasteiger partial charge in [-0.2, -0.15) is 0 Å². The molecule has 0 aliphatic heterocycles. The van der Waals surface area contributed by atoms with Gasteiger partial charge in [0.05, 0.1) is 5.60 Å². The lowest BCUT2D eigenvalue weighted by molar-refractivity contribution is 0.0140. The highest BCUT2D eigenvalue weighted by molar-refractivity contribution is 4.80. The van der Waals surface area contributed by atoms with Gasteiger partial charge in [-0.25, -0.2) is 0 Å². The SMILES string of the molecule is CCCCCCCCCCCCC1(O)CCCCCC1. The number of aliphatic hydroxyl groups is 1. The molecule has 0 saturated heterocycles. The van der Waals surface area contributed by atoms with Crippen molar-refractivity contribution in [3.8, 4) is 0 Å². The Morgan fingerprint density at radius 1 is 0.650 bits per heavy atom. The van der Waals surface area contributed by atoms with Gasteiger partial charge in [0.25, 0.3) is 0 Å². The van der Waals surface area contributed by atoms with Crippen LogP contribution in [0.3, 0.4) is 0 Å². The summed E-state index contributed by atoms with van der Waals surface area (Å²) in [5.74, 6) is 0. The molecule has 0 spiro atoms. The fraction of sp³-hybridized carbons (Fsp3) is 1.00. The van der Waals surface area contributed by atoms with Gasteiger partial charge in [-0.3, -0.25) is 0 Å². The van der Waals surface area contributed by atoms with E-state index in [2.05, 4.69) is 6.92 Å². The molecule has 1 saturated carbocycles. The second kappa shape index (κ2) is 11.6. The summed E-state index contributed by atoms with van der Waals surface area (Å²) in [6.07, 6.45) is 22.2. The lowest BCUT2D eigenvalue weighted by Crippen LogP contribution is -2.27. The molecular weight excluding hydrogens is 244 g/mol. The first-order chi connectivity index (χ1) is 9.77. The zero-order valence-electron chi connectivity index (χ0n) is 14.0. The van der Waals surface area contributed by atoms with Crippen molar-refractivity contribution in [3.63, 3.8) is 0 Å². The standard InChI is InChI=1S/C19H38O/c1-2-3-4-5-6-7-8-9-10-13-16-19(20)17-14-11-12-15-18-19/h20H,2-18H2,1H3. The third kappa shape index (κ3) is 9.00. The molecule has 1 rings (SSSR count). The van der Waals surface area contributed by atoms with E-state index >= 15 is 0 Å². The molecule has 120 valence electrons. The Hall–Kier alpha value is -0.0400. The fourth-order valence-electron chi connectivity index (χ4n) is 3.58. The van der Waals surface area contributed by atoms with E-state index in [0.717, 1.165) is 19.3 Å². The van der Waals surface area contributed by atoms with Crippen LogP contribution in [0.4, 0.5) is 0 Å². The van der Waals surface area contributed by atoms with E-state index in [1.807, 2.05) is 0 Å². The summed E-state index contributed by atoms with van der Waals surface area (Å²) in [5.41, 5.74) is -0.295. The summed E-state index contributed by atoms with van der Waals surface area (Å²) < 4.78 is 0. The molecule has 0 radical (unpaired) electrons. The van der Waals surface area contributed by atoms with Gasteiger partial charge in [-0.15, -0.1) is 0 Å². The van der Waals surface area contributed by atoms with Crippen LogP contribution in [-0.4, -0.2) is 10.7 Å². The predicted octanol–water partition coefficient (Wildman–Crippen LogP) is 6.38. The van der Waals surface area contributed by atoms with Crippen LogP contribution in [0.25, 0.3) is 0 Å². The zero-order chi connectivity index (χ0) is 14.5. The third-order valence-electron chi connectivity index (χ3n) is 5.03. The number of unbranched alkanes of at least 4 members (excludes halogenated alkanes) is 9. The molecule has 1 heteroatoms. The van der Waals surface area contributed by atoms with E-state index in [1.165, 1.54) is 89.9 Å². The van der Waals surface area contributed by atoms with Gasteiger partial charge in [0, 0.05) is 0 Å². The summed E-state index contributed by atoms with van der Waals surface area (Å²) in [4.78, 5) is 0. The van der Waals surface area contributed by atoms with E-state index in [0.29, 0.717) is 0 Å². The topological polar surface area (TPSA) is 20.2 Å². The van der Waals surface area contributed by atoms with E-state index < -0.39 is 0 Å². The average Bonchev–Trinajstić information content (AvgIpc) is 2.66. The summed E-state index contributed by atoms with van der Waals surface area (Å²) in [6, 6.07) is 0. The van der Waals surface area contributed by atoms with Crippen LogP contribution in [0.1, 0.15) is 116 Å². The molecule has 1 aliphatic rings. The highest BCUT2D eigenvalue weighted by Crippen LogP contribution is 2.31. The number of hydrogen-bond acceptors (Lipinski definition) is 1. The van der Waals surface area contributed by atoms with Crippen LogP contribution in [0, 0.1) is 0 Å². The molecule has 1 aliphatic carbocycles. The summed E-state index contributed by atoms with van der Waals surface area (Å²) >= 11 is 0. The average molecular weight is 283 g/mol. The fourth-order valence-corrected chi connectivity index (χ4v) is 3.58. The Morgan fingerprint density at radius 2 is 1.10 bits per heavy atom. The molecule has 0 aromatic carbocycles. The second-order valence-electron chi connectivity index (χ2n) is 7.07. The highest BCUT2D eigenvalue weighted by atomic mass is 16.3. The van der Waals surface area contributed by atoms with Crippen LogP contribution < -0.4 is 0 Å². The van der Waals surface area contributed by atoms with Crippen molar-refractivity contribution >= 4 is 0 Å². The maximum Gasteiger partial charge on any atom is 0.0647 e. The lowest BCUT2D eigenvalue weighted by atomic mass is 9.88. The van der Waals surface area contributed by atoms with Crippen LogP contribution in [0.5, 0.6) is 0 Å². The lowest BCUT2D eigenvalue weighted by Gasteiger charge is -2.26. The Balaban J connectivity index is 1.88. The highest BCUT2D eigenvalue weighted by Gasteiger charge is 2.26. The molecule has 0 aromatic heterocycles. The van der Waals surface area contributed by atoms with Crippen molar-refractivity contribution in [3.05, 3.63) is 0 Å². The molecule has 0 aromatic rings. The molecule has 0 amide bonds. The van der Waals surface area contributed by atoms with Crippen LogP contribution >= 0.6 is 0 Å². The van der Waals surface area contributed by atoms with E-state index in [1.54, 1.807) is 0 Å². The molecule has 1 fully saturated rings. The number of hydrogen-bond donors (Lipinski definition) is 1. The molecule has 0 bridgehead atoms. The third-order valence-corrected chi connectivity index (χ3v) is 5.03. The summed E-state index contributed by atoms with van der Waals surface area (Å²) in [5, 5.41) is 10.6. The first-order valence-electron chi connectivity index (χ1n) is 9.49. The molecule has 20 heavy (non-hydrogen) atoms. The van der Waals surface area contributed by atoms with Gasteiger partial charge in [0.1, 0.15) is 0 Å². The van der Waals surface area contributed by atoms with E-state index in [-0.39, 0.29) is 5.60 Å². The van der Waals surface area contributed by atoms with Crippen LogP contribution in [0.2, 0.25) is 0 Å². The Labute approximate surface area is 127 Å². The minimum Gasteiger partial charge on any atom is -0.390 e. The summed E-state index contributed by atoms with van der Waals surface area (Å²) in [6.45, 7) is 2.28. The predicted molar refractivity (Wildman–Crippen MR) is 89.1 cm³/mol. The molecular formula is C19H38O. The Morgan fingerprint density at radius 3 is 1.60 bits per heavy atom. The van der Waals surface area contributed by atoms with Gasteiger partial charge in [-0.05, 0) is 19.3 Å². The van der Waals surface area contributed by atoms with Crippen LogP contribution in [-0.2, 0) is 0 Å². The molecule has 0 unspecified atom stereocenters. The minimum absolute atomic E-state index is 0.295. The maximum absolute atomic E-state index is 10.6. The van der Waals surface area contributed by atoms with Gasteiger partial charge in [0.15, 0.2) is 0 Å². The molecule has 1 nitrogen and oxygen atoms in total. The van der Waals surface area contributed by atoms with Crippen molar-refractivity contribution in [2.24, 2.45) is 0 Å². The monoisotopic (exact) mass is 282 g/mol. The van der Waals surface area contributed by atoms with Gasteiger partial charge in [0.2, 0.25) is 0 Å². The van der Waals surface area contributed by atoms with Gasteiger partial charge in [-0.1, -0.05) is 96.8 Å². The van der Waals surface area contributed by atoms with Crippen molar-refractivity contribution in [2.45, 2.75) is 122 Å². The number of rotatable bonds is 11. The molecule has 0 heterocycles. The molecule has 0 atom stereocenters. The smallest absolute Gasteiger partial charge is 0.0647 e. The zero-order valence-corrected chi connectivity index (χ0v) is 14.0. The van der Waals surface area contributed by atoms with Crippen molar-refractivity contribution < 1.29 is 5.11 Å². The minimum atomic E-state index is -0.295. The Kier molecular flexibility index (Phi) is 10.4. The van der Waals surface area contributed by atoms with E-state index in [9.17, 15) is 5.11 Å². The van der Waals surface area contributed by atoms with Crippen molar-refractivity contribution in [2.75, 3.05) is 0 Å². The quantitative estimate of drug-likeness (QED) is 0.344. The van der Waals surface area contributed by atoms with Gasteiger partial charge < -0.3 is 5.11 Å². The first-order valence-corrected chi connectivity index (χ1v) is 9.49. The largest absolute Gasteiger partial charge is 0.390 e. The molecule has 1 N–H and O–H groups in total. The van der Waals surface area contributed by atoms with Crippen molar-refractivity contribution in [1.82, 2.24) is 0 Å². The maximum atomic E-state index is 10.6. The van der Waals surface area contributed by atoms with Crippen molar-refractivity contribution in [1.29, 1.82) is 0 Å². The van der Waals surface area contributed by atoms with Gasteiger partial charge >= 0.3 is 0 Å². The summed E-state index contributed by atoms with van der Waals surface area (Å²) in [7, 11) is 0. The Bertz CT molecular complexity index is 204. The first kappa shape index (κ1) is 18.0. The van der Waals surface area contributed by atoms with Crippen LogP contribution in [0.15, 0.2) is 0 Å². The van der Waals surface area contributed by atoms with E-state index in [4.69, 9.17) is 0 Å². The normalized spacial score (nSPS) is 18.9. The second-order valence-corrected chi connectivity index (χ2v) is 7.07.